The van der Waals surface area contributed by atoms with Crippen molar-refractivity contribution in [1.29, 1.82) is 0 Å². The molecular formula is C14H15NO2. The molecule has 2 aromatic rings. The van der Waals surface area contributed by atoms with Crippen molar-refractivity contribution in [2.24, 2.45) is 5.92 Å². The quantitative estimate of drug-likeness (QED) is 0.759. The molecule has 2 rings (SSSR count). The second kappa shape index (κ2) is 4.95. The number of carbonyl (C=O) groups is 1. The lowest BCUT2D eigenvalue weighted by Crippen LogP contribution is -2.10. The number of rotatable bonds is 3. The molecule has 0 saturated heterocycles. The molecule has 88 valence electrons. The van der Waals surface area contributed by atoms with Crippen LogP contribution in [-0.2, 0) is 4.74 Å². The molecule has 0 aliphatic carbocycles. The molecular weight excluding hydrogens is 214 g/mol. The SMILES string of the molecule is CC(C)COC(=O)c1cnc2ccccc2c1. The number of pyridine rings is 1. The largest absolute Gasteiger partial charge is 0.462 e. The summed E-state index contributed by atoms with van der Waals surface area (Å²) in [4.78, 5) is 16.0. The molecule has 0 spiro atoms. The van der Waals surface area contributed by atoms with Gasteiger partial charge in [0.1, 0.15) is 0 Å². The Bertz CT molecular complexity index is 534. The van der Waals surface area contributed by atoms with E-state index in [1.165, 1.54) is 0 Å². The summed E-state index contributed by atoms with van der Waals surface area (Å²) in [5.41, 5.74) is 1.39. The van der Waals surface area contributed by atoms with E-state index in [4.69, 9.17) is 4.74 Å². The average molecular weight is 229 g/mol. The highest BCUT2D eigenvalue weighted by Gasteiger charge is 2.09. The van der Waals surface area contributed by atoms with E-state index >= 15 is 0 Å². The first-order valence-corrected chi connectivity index (χ1v) is 5.69. The molecule has 0 unspecified atom stereocenters. The van der Waals surface area contributed by atoms with Crippen LogP contribution in [0.15, 0.2) is 36.5 Å². The number of carbonyl (C=O) groups excluding carboxylic acids is 1. The maximum atomic E-state index is 11.7. The Hall–Kier alpha value is -1.90. The van der Waals surface area contributed by atoms with Crippen molar-refractivity contribution < 1.29 is 9.53 Å². The highest BCUT2D eigenvalue weighted by Crippen LogP contribution is 2.13. The fourth-order valence-electron chi connectivity index (χ4n) is 1.51. The van der Waals surface area contributed by atoms with Crippen LogP contribution in [0.3, 0.4) is 0 Å². The zero-order valence-electron chi connectivity index (χ0n) is 10.0. The van der Waals surface area contributed by atoms with E-state index in [2.05, 4.69) is 4.98 Å². The molecule has 3 heteroatoms. The van der Waals surface area contributed by atoms with Crippen molar-refractivity contribution in [3.05, 3.63) is 42.1 Å². The molecule has 0 N–H and O–H groups in total. The van der Waals surface area contributed by atoms with Gasteiger partial charge >= 0.3 is 5.97 Å². The maximum absolute atomic E-state index is 11.7. The maximum Gasteiger partial charge on any atom is 0.339 e. The summed E-state index contributed by atoms with van der Waals surface area (Å²) in [7, 11) is 0. The summed E-state index contributed by atoms with van der Waals surface area (Å²) in [6.45, 7) is 4.45. The average Bonchev–Trinajstić information content (AvgIpc) is 2.35. The van der Waals surface area contributed by atoms with Crippen LogP contribution in [0.2, 0.25) is 0 Å². The third-order valence-corrected chi connectivity index (χ3v) is 2.37. The van der Waals surface area contributed by atoms with Gasteiger partial charge in [0.25, 0.3) is 0 Å². The minimum absolute atomic E-state index is 0.308. The van der Waals surface area contributed by atoms with Crippen LogP contribution >= 0.6 is 0 Å². The van der Waals surface area contributed by atoms with Gasteiger partial charge < -0.3 is 4.74 Å². The van der Waals surface area contributed by atoms with Crippen LogP contribution in [0.4, 0.5) is 0 Å². The van der Waals surface area contributed by atoms with Gasteiger partial charge in [-0.25, -0.2) is 4.79 Å². The Kier molecular flexibility index (Phi) is 3.38. The van der Waals surface area contributed by atoms with E-state index in [1.807, 2.05) is 44.2 Å². The molecule has 0 aliphatic rings. The van der Waals surface area contributed by atoms with Gasteiger partial charge in [0, 0.05) is 11.6 Å². The molecule has 0 radical (unpaired) electrons. The Morgan fingerprint density at radius 1 is 1.35 bits per heavy atom. The topological polar surface area (TPSA) is 39.2 Å². The van der Waals surface area contributed by atoms with Gasteiger partial charge in [0.05, 0.1) is 17.7 Å². The standard InChI is InChI=1S/C14H15NO2/c1-10(2)9-17-14(16)12-7-11-5-3-4-6-13(11)15-8-12/h3-8,10H,9H2,1-2H3. The van der Waals surface area contributed by atoms with Gasteiger partial charge in [-0.2, -0.15) is 0 Å². The molecule has 0 bridgehead atoms. The van der Waals surface area contributed by atoms with Crippen molar-refractivity contribution in [3.8, 4) is 0 Å². The molecule has 0 saturated carbocycles. The highest BCUT2D eigenvalue weighted by atomic mass is 16.5. The summed E-state index contributed by atoms with van der Waals surface area (Å²) in [6.07, 6.45) is 1.56. The zero-order valence-corrected chi connectivity index (χ0v) is 10.0. The number of nitrogens with zero attached hydrogens (tertiary/aromatic N) is 1. The molecule has 0 aliphatic heterocycles. The van der Waals surface area contributed by atoms with Gasteiger partial charge in [0.2, 0.25) is 0 Å². The van der Waals surface area contributed by atoms with Gasteiger partial charge in [-0.3, -0.25) is 4.98 Å². The van der Waals surface area contributed by atoms with Crippen LogP contribution in [0.5, 0.6) is 0 Å². The summed E-state index contributed by atoms with van der Waals surface area (Å²) < 4.78 is 5.16. The lowest BCUT2D eigenvalue weighted by atomic mass is 10.1. The fraction of sp³-hybridized carbons (Fsp3) is 0.286. The second-order valence-electron chi connectivity index (χ2n) is 4.41. The van der Waals surface area contributed by atoms with Crippen molar-refractivity contribution in [2.45, 2.75) is 13.8 Å². The second-order valence-corrected chi connectivity index (χ2v) is 4.41. The van der Waals surface area contributed by atoms with Gasteiger partial charge in [-0.05, 0) is 18.1 Å². The van der Waals surface area contributed by atoms with E-state index in [1.54, 1.807) is 6.20 Å². The molecule has 0 atom stereocenters. The van der Waals surface area contributed by atoms with Gasteiger partial charge in [-0.1, -0.05) is 32.0 Å². The van der Waals surface area contributed by atoms with Crippen LogP contribution < -0.4 is 0 Å². The molecule has 17 heavy (non-hydrogen) atoms. The molecule has 0 amide bonds. The minimum Gasteiger partial charge on any atom is -0.462 e. The zero-order chi connectivity index (χ0) is 12.3. The first-order chi connectivity index (χ1) is 8.16. The van der Waals surface area contributed by atoms with E-state index in [-0.39, 0.29) is 5.97 Å². The number of hydrogen-bond acceptors (Lipinski definition) is 3. The summed E-state index contributed by atoms with van der Waals surface area (Å²) in [5.74, 6) is 0.0318. The lowest BCUT2D eigenvalue weighted by molar-refractivity contribution is 0.0458. The first kappa shape index (κ1) is 11.6. The third kappa shape index (κ3) is 2.81. The van der Waals surface area contributed by atoms with Crippen LogP contribution in [0.1, 0.15) is 24.2 Å². The monoisotopic (exact) mass is 229 g/mol. The normalized spacial score (nSPS) is 10.8. The number of para-hydroxylation sites is 1. The Labute approximate surface area is 100 Å². The van der Waals surface area contributed by atoms with Crippen molar-refractivity contribution >= 4 is 16.9 Å². The minimum atomic E-state index is -0.308. The molecule has 1 heterocycles. The van der Waals surface area contributed by atoms with Crippen molar-refractivity contribution in [2.75, 3.05) is 6.61 Å². The lowest BCUT2D eigenvalue weighted by Gasteiger charge is -2.07. The Balaban J connectivity index is 2.21. The predicted octanol–water partition coefficient (Wildman–Crippen LogP) is 3.05. The summed E-state index contributed by atoms with van der Waals surface area (Å²) >= 11 is 0. The van der Waals surface area contributed by atoms with Crippen LogP contribution in [0.25, 0.3) is 10.9 Å². The van der Waals surface area contributed by atoms with E-state index < -0.39 is 0 Å². The van der Waals surface area contributed by atoms with E-state index in [9.17, 15) is 4.79 Å². The number of aromatic nitrogens is 1. The smallest absolute Gasteiger partial charge is 0.339 e. The Morgan fingerprint density at radius 2 is 2.12 bits per heavy atom. The van der Waals surface area contributed by atoms with Crippen molar-refractivity contribution in [1.82, 2.24) is 4.98 Å². The van der Waals surface area contributed by atoms with Crippen molar-refractivity contribution in [3.63, 3.8) is 0 Å². The number of ether oxygens (including phenoxy) is 1. The summed E-state index contributed by atoms with van der Waals surface area (Å²) in [5, 5.41) is 0.950. The Morgan fingerprint density at radius 3 is 2.88 bits per heavy atom. The number of hydrogen-bond donors (Lipinski definition) is 0. The molecule has 1 aromatic heterocycles. The molecule has 1 aromatic carbocycles. The number of benzene rings is 1. The molecule has 3 nitrogen and oxygen atoms in total. The summed E-state index contributed by atoms with van der Waals surface area (Å²) in [6, 6.07) is 9.50. The predicted molar refractivity (Wildman–Crippen MR) is 66.9 cm³/mol. The first-order valence-electron chi connectivity index (χ1n) is 5.69. The number of fused-ring (bicyclic) bond motifs is 1. The number of esters is 1. The van der Waals surface area contributed by atoms with E-state index in [0.717, 1.165) is 10.9 Å². The van der Waals surface area contributed by atoms with Gasteiger partial charge in [-0.15, -0.1) is 0 Å². The van der Waals surface area contributed by atoms with Gasteiger partial charge in [0.15, 0.2) is 0 Å². The van der Waals surface area contributed by atoms with E-state index in [0.29, 0.717) is 18.1 Å². The highest BCUT2D eigenvalue weighted by molar-refractivity contribution is 5.93. The molecule has 0 fully saturated rings. The fourth-order valence-corrected chi connectivity index (χ4v) is 1.51. The third-order valence-electron chi connectivity index (χ3n) is 2.37. The van der Waals surface area contributed by atoms with Crippen LogP contribution in [0, 0.1) is 5.92 Å². The van der Waals surface area contributed by atoms with Crippen LogP contribution in [-0.4, -0.2) is 17.6 Å².